The summed E-state index contributed by atoms with van der Waals surface area (Å²) in [6.07, 6.45) is 2.32. The van der Waals surface area contributed by atoms with E-state index in [0.29, 0.717) is 31.8 Å². The fraction of sp³-hybridized carbons (Fsp3) is 0.913. The van der Waals surface area contributed by atoms with Gasteiger partial charge in [-0.3, -0.25) is 15.1 Å². The number of halogens is 3. The Hall–Kier alpha value is -1.39. The molecule has 0 bridgehead atoms. The predicted molar refractivity (Wildman–Crippen MR) is 120 cm³/mol. The van der Waals surface area contributed by atoms with Gasteiger partial charge in [-0.2, -0.15) is 13.2 Å². The van der Waals surface area contributed by atoms with Crippen LogP contribution in [-0.2, 0) is 4.79 Å². The maximum absolute atomic E-state index is 13.4. The van der Waals surface area contributed by atoms with Gasteiger partial charge in [0, 0.05) is 31.1 Å². The summed E-state index contributed by atoms with van der Waals surface area (Å²) in [6.45, 7) is 1.31. The minimum atomic E-state index is -4.11. The molecular formula is C23H39F3N6O. The lowest BCUT2D eigenvalue weighted by atomic mass is 9.77. The quantitative estimate of drug-likeness (QED) is 0.311. The number of rotatable bonds is 5. The number of alkyl halides is 3. The molecule has 0 aromatic rings. The van der Waals surface area contributed by atoms with Crippen LogP contribution in [0.25, 0.3) is 0 Å². The summed E-state index contributed by atoms with van der Waals surface area (Å²) >= 11 is 0. The van der Waals surface area contributed by atoms with E-state index in [-0.39, 0.29) is 60.7 Å². The van der Waals surface area contributed by atoms with Gasteiger partial charge in [-0.05, 0) is 76.0 Å². The van der Waals surface area contributed by atoms with Crippen molar-refractivity contribution in [3.8, 4) is 0 Å². The number of piperidine rings is 1. The third-order valence-corrected chi connectivity index (χ3v) is 8.63. The van der Waals surface area contributed by atoms with E-state index in [9.17, 15) is 18.0 Å². The van der Waals surface area contributed by atoms with Crippen LogP contribution < -0.4 is 22.1 Å². The van der Waals surface area contributed by atoms with E-state index in [1.165, 1.54) is 0 Å². The number of likely N-dealkylation sites (tertiary alicyclic amines) is 1. The minimum Gasteiger partial charge on any atom is -0.387 e. The molecule has 6 unspecified atom stereocenters. The molecule has 2 aliphatic heterocycles. The number of nitrogens with one attached hydrogen (secondary N) is 3. The lowest BCUT2D eigenvalue weighted by Crippen LogP contribution is -2.56. The highest BCUT2D eigenvalue weighted by Crippen LogP contribution is 2.45. The first-order valence-corrected chi connectivity index (χ1v) is 12.6. The van der Waals surface area contributed by atoms with Crippen molar-refractivity contribution in [3.63, 3.8) is 0 Å². The van der Waals surface area contributed by atoms with Gasteiger partial charge in [0.25, 0.3) is 0 Å². The first-order valence-electron chi connectivity index (χ1n) is 12.6. The number of nitrogens with zero attached hydrogens (tertiary/aromatic N) is 1. The normalized spacial score (nSPS) is 40.2. The summed E-state index contributed by atoms with van der Waals surface area (Å²) in [6, 6.07) is -0.0442. The Kier molecular flexibility index (Phi) is 7.55. The van der Waals surface area contributed by atoms with E-state index < -0.39 is 12.1 Å². The van der Waals surface area contributed by atoms with Crippen molar-refractivity contribution in [2.45, 2.75) is 94.7 Å². The average molecular weight is 473 g/mol. The molecule has 2 heterocycles. The van der Waals surface area contributed by atoms with Crippen LogP contribution in [0.5, 0.6) is 0 Å². The number of carbonyl (C=O) groups excluding carboxylic acids is 1. The van der Waals surface area contributed by atoms with Gasteiger partial charge in [-0.15, -0.1) is 0 Å². The van der Waals surface area contributed by atoms with Crippen molar-refractivity contribution in [3.05, 3.63) is 0 Å². The van der Waals surface area contributed by atoms with Crippen molar-refractivity contribution < 1.29 is 18.0 Å². The molecule has 33 heavy (non-hydrogen) atoms. The molecule has 0 radical (unpaired) electrons. The lowest BCUT2D eigenvalue weighted by Gasteiger charge is -2.40. The zero-order valence-electron chi connectivity index (χ0n) is 19.2. The second-order valence-electron chi connectivity index (χ2n) is 10.8. The Morgan fingerprint density at radius 3 is 2.39 bits per heavy atom. The topological polar surface area (TPSA) is 120 Å². The SMILES string of the molecule is N=C(N)C1CCC2CC(C(=O)NC3CCC(N)NC3)N(CC3CCC(C(F)(F)F)CC3)C2C1. The molecule has 1 amide bonds. The molecule has 7 nitrogen and oxygen atoms in total. The number of amidine groups is 1. The van der Waals surface area contributed by atoms with E-state index in [1.54, 1.807) is 0 Å². The zero-order valence-corrected chi connectivity index (χ0v) is 19.2. The standard InChI is InChI=1S/C23H39F3N6O/c24-23(25,26)16-5-1-13(2-6-16)12-32-18-10-15(21(28)29)4-3-14(18)9-19(32)22(33)31-17-7-8-20(27)30-11-17/h13-20,30H,1-12,27H2,(H3,28,29)(H,31,33). The van der Waals surface area contributed by atoms with E-state index in [2.05, 4.69) is 15.5 Å². The van der Waals surface area contributed by atoms with Crippen LogP contribution in [0.3, 0.4) is 0 Å². The summed E-state index contributed by atoms with van der Waals surface area (Å²) in [4.78, 5) is 15.6. The van der Waals surface area contributed by atoms with Crippen LogP contribution in [0.2, 0.25) is 0 Å². The Morgan fingerprint density at radius 1 is 1.06 bits per heavy atom. The average Bonchev–Trinajstić information content (AvgIpc) is 3.13. The van der Waals surface area contributed by atoms with E-state index in [0.717, 1.165) is 38.5 Å². The summed E-state index contributed by atoms with van der Waals surface area (Å²) in [5, 5.41) is 14.3. The van der Waals surface area contributed by atoms with Crippen molar-refractivity contribution in [2.24, 2.45) is 35.1 Å². The minimum absolute atomic E-state index is 0.0232. The highest BCUT2D eigenvalue weighted by Gasteiger charge is 2.49. The molecule has 6 atom stereocenters. The van der Waals surface area contributed by atoms with Gasteiger partial charge in [0.05, 0.1) is 24.0 Å². The van der Waals surface area contributed by atoms with Crippen LogP contribution in [0, 0.1) is 29.1 Å². The van der Waals surface area contributed by atoms with Crippen LogP contribution in [0.4, 0.5) is 13.2 Å². The Bertz CT molecular complexity index is 703. The highest BCUT2D eigenvalue weighted by molar-refractivity contribution is 5.83. The van der Waals surface area contributed by atoms with Crippen LogP contribution in [0.1, 0.15) is 64.2 Å². The number of carbonyl (C=O) groups is 1. The summed E-state index contributed by atoms with van der Waals surface area (Å²) < 4.78 is 39.4. The molecule has 2 saturated carbocycles. The zero-order chi connectivity index (χ0) is 23.8. The molecule has 188 valence electrons. The fourth-order valence-corrected chi connectivity index (χ4v) is 6.62. The molecule has 4 rings (SSSR count). The molecule has 4 aliphatic rings. The van der Waals surface area contributed by atoms with Gasteiger partial charge < -0.3 is 22.1 Å². The van der Waals surface area contributed by atoms with Gasteiger partial charge in [-0.1, -0.05) is 0 Å². The number of hydrogen-bond acceptors (Lipinski definition) is 5. The molecule has 2 aliphatic carbocycles. The lowest BCUT2D eigenvalue weighted by molar-refractivity contribution is -0.184. The van der Waals surface area contributed by atoms with Crippen molar-refractivity contribution in [1.82, 2.24) is 15.5 Å². The molecular weight excluding hydrogens is 433 g/mol. The predicted octanol–water partition coefficient (Wildman–Crippen LogP) is 2.30. The first kappa shape index (κ1) is 24.7. The van der Waals surface area contributed by atoms with Gasteiger partial charge in [0.1, 0.15) is 0 Å². The summed E-state index contributed by atoms with van der Waals surface area (Å²) in [5.41, 5.74) is 11.7. The van der Waals surface area contributed by atoms with Crippen molar-refractivity contribution in [1.29, 1.82) is 5.41 Å². The smallest absolute Gasteiger partial charge is 0.387 e. The van der Waals surface area contributed by atoms with Crippen LogP contribution >= 0.6 is 0 Å². The summed E-state index contributed by atoms with van der Waals surface area (Å²) in [5.74, 6) is -0.390. The second kappa shape index (κ2) is 10.1. The van der Waals surface area contributed by atoms with Crippen LogP contribution in [0.15, 0.2) is 0 Å². The van der Waals surface area contributed by atoms with Crippen molar-refractivity contribution in [2.75, 3.05) is 13.1 Å². The molecule has 10 heteroatoms. The largest absolute Gasteiger partial charge is 0.391 e. The van der Waals surface area contributed by atoms with Gasteiger partial charge in [0.15, 0.2) is 0 Å². The molecule has 4 fully saturated rings. The Labute approximate surface area is 194 Å². The number of fused-ring (bicyclic) bond motifs is 1. The Morgan fingerprint density at radius 2 is 1.79 bits per heavy atom. The van der Waals surface area contributed by atoms with Crippen molar-refractivity contribution >= 4 is 11.7 Å². The van der Waals surface area contributed by atoms with E-state index >= 15 is 0 Å². The summed E-state index contributed by atoms with van der Waals surface area (Å²) in [7, 11) is 0. The molecule has 0 aromatic heterocycles. The van der Waals surface area contributed by atoms with Crippen LogP contribution in [-0.4, -0.2) is 60.2 Å². The second-order valence-corrected chi connectivity index (χ2v) is 10.8. The van der Waals surface area contributed by atoms with Gasteiger partial charge in [0.2, 0.25) is 5.91 Å². The third kappa shape index (κ3) is 5.82. The molecule has 0 spiro atoms. The fourth-order valence-electron chi connectivity index (χ4n) is 6.62. The monoisotopic (exact) mass is 472 g/mol. The highest BCUT2D eigenvalue weighted by atomic mass is 19.4. The molecule has 0 aromatic carbocycles. The van der Waals surface area contributed by atoms with Gasteiger partial charge >= 0.3 is 6.18 Å². The number of amides is 1. The Balaban J connectivity index is 1.43. The maximum atomic E-state index is 13.4. The molecule has 7 N–H and O–H groups in total. The van der Waals surface area contributed by atoms with E-state index in [4.69, 9.17) is 16.9 Å². The first-order chi connectivity index (χ1) is 15.6. The third-order valence-electron chi connectivity index (χ3n) is 8.63. The number of nitrogens with two attached hydrogens (primary N) is 2. The molecule has 2 saturated heterocycles. The maximum Gasteiger partial charge on any atom is 0.391 e. The van der Waals surface area contributed by atoms with Gasteiger partial charge in [-0.25, -0.2) is 0 Å². The van der Waals surface area contributed by atoms with E-state index in [1.807, 2.05) is 0 Å². The number of hydrogen-bond donors (Lipinski definition) is 5.